The van der Waals surface area contributed by atoms with E-state index in [1.54, 1.807) is 18.3 Å². The highest BCUT2D eigenvalue weighted by molar-refractivity contribution is 8.00. The van der Waals surface area contributed by atoms with E-state index in [9.17, 15) is 4.79 Å². The number of aryl methyl sites for hydroxylation is 1. The smallest absolute Gasteiger partial charge is 0.277 e. The fourth-order valence-electron chi connectivity index (χ4n) is 3.10. The van der Waals surface area contributed by atoms with Crippen molar-refractivity contribution in [3.8, 4) is 10.8 Å². The van der Waals surface area contributed by atoms with Gasteiger partial charge >= 0.3 is 0 Å². The van der Waals surface area contributed by atoms with Crippen LogP contribution in [0.5, 0.6) is 0 Å². The molecule has 29 heavy (non-hydrogen) atoms. The van der Waals surface area contributed by atoms with Gasteiger partial charge in [-0.1, -0.05) is 41.9 Å². The van der Waals surface area contributed by atoms with E-state index in [0.29, 0.717) is 22.1 Å². The molecule has 6 nitrogen and oxygen atoms in total. The minimum Gasteiger partial charge on any atom is -0.410 e. The molecule has 0 saturated carbocycles. The summed E-state index contributed by atoms with van der Waals surface area (Å²) in [5.74, 6) is 1.20. The molecule has 0 radical (unpaired) electrons. The van der Waals surface area contributed by atoms with E-state index in [1.165, 1.54) is 40.9 Å². The summed E-state index contributed by atoms with van der Waals surface area (Å²) in [4.78, 5) is 18.9. The molecular weight excluding hydrogens is 451 g/mol. The van der Waals surface area contributed by atoms with Crippen LogP contribution in [-0.4, -0.2) is 26.3 Å². The molecule has 152 valence electrons. The number of hydrogen-bond donors (Lipinski definition) is 1. The Bertz CT molecular complexity index is 1050. The molecule has 1 amide bonds. The molecule has 3 heterocycles. The van der Waals surface area contributed by atoms with Crippen LogP contribution in [0.4, 0.5) is 5.82 Å². The monoisotopic (exact) mass is 468 g/mol. The molecule has 0 aliphatic heterocycles. The number of anilines is 1. The van der Waals surface area contributed by atoms with E-state index in [-0.39, 0.29) is 16.7 Å². The zero-order chi connectivity index (χ0) is 20.5. The number of thioether (sulfide) groups is 1. The van der Waals surface area contributed by atoms with Gasteiger partial charge in [-0.2, -0.15) is 0 Å². The highest BCUT2D eigenvalue weighted by Gasteiger charge is 2.23. The van der Waals surface area contributed by atoms with Gasteiger partial charge in [0, 0.05) is 11.1 Å². The Morgan fingerprint density at radius 1 is 1.38 bits per heavy atom. The second-order valence-electron chi connectivity index (χ2n) is 7.01. The van der Waals surface area contributed by atoms with E-state index in [1.807, 2.05) is 0 Å². The summed E-state index contributed by atoms with van der Waals surface area (Å²) >= 11 is 14.8. The van der Waals surface area contributed by atoms with Gasteiger partial charge in [-0.05, 0) is 49.8 Å². The Hall–Kier alpha value is -1.61. The SMILES string of the molecule is CC1CCc2sc(-c3nnc(SC(C)C(=O)Nc4ncc(Cl)cc4Cl)o3)cc2C1. The Kier molecular flexibility index (Phi) is 6.15. The summed E-state index contributed by atoms with van der Waals surface area (Å²) in [6.07, 6.45) is 4.85. The first-order valence-electron chi connectivity index (χ1n) is 9.13. The first-order chi connectivity index (χ1) is 13.9. The normalized spacial score (nSPS) is 17.0. The van der Waals surface area contributed by atoms with Gasteiger partial charge < -0.3 is 9.73 Å². The van der Waals surface area contributed by atoms with Crippen LogP contribution in [0.3, 0.4) is 0 Å². The molecular formula is C19H18Cl2N4O2S2. The lowest BCUT2D eigenvalue weighted by molar-refractivity contribution is -0.115. The van der Waals surface area contributed by atoms with Gasteiger partial charge in [0.25, 0.3) is 11.1 Å². The van der Waals surface area contributed by atoms with Crippen molar-refractivity contribution in [1.82, 2.24) is 15.2 Å². The molecule has 2 unspecified atom stereocenters. The predicted octanol–water partition coefficient (Wildman–Crippen LogP) is 5.74. The van der Waals surface area contributed by atoms with Crippen LogP contribution in [0.25, 0.3) is 10.8 Å². The molecule has 0 fully saturated rings. The summed E-state index contributed by atoms with van der Waals surface area (Å²) < 4.78 is 5.80. The summed E-state index contributed by atoms with van der Waals surface area (Å²) in [5.41, 5.74) is 1.39. The topological polar surface area (TPSA) is 80.9 Å². The molecule has 0 aromatic carbocycles. The van der Waals surface area contributed by atoms with E-state index < -0.39 is 5.25 Å². The maximum absolute atomic E-state index is 12.4. The number of rotatable bonds is 5. The Morgan fingerprint density at radius 2 is 2.21 bits per heavy atom. The Labute approximate surface area is 186 Å². The lowest BCUT2D eigenvalue weighted by Gasteiger charge is -2.16. The minimum atomic E-state index is -0.478. The fourth-order valence-corrected chi connectivity index (χ4v) is 5.34. The summed E-state index contributed by atoms with van der Waals surface area (Å²) in [7, 11) is 0. The van der Waals surface area contributed by atoms with E-state index in [2.05, 4.69) is 33.5 Å². The average molecular weight is 469 g/mol. The zero-order valence-corrected chi connectivity index (χ0v) is 18.9. The molecule has 10 heteroatoms. The number of halogens is 2. The quantitative estimate of drug-likeness (QED) is 0.480. The van der Waals surface area contributed by atoms with Crippen LogP contribution in [0.2, 0.25) is 10.0 Å². The minimum absolute atomic E-state index is 0.262. The molecule has 0 bridgehead atoms. The zero-order valence-electron chi connectivity index (χ0n) is 15.7. The molecule has 0 saturated heterocycles. The van der Waals surface area contributed by atoms with Crippen molar-refractivity contribution in [2.45, 2.75) is 43.6 Å². The Morgan fingerprint density at radius 3 is 3.00 bits per heavy atom. The molecule has 1 N–H and O–H groups in total. The lowest BCUT2D eigenvalue weighted by Crippen LogP contribution is -2.23. The number of carbonyl (C=O) groups excluding carboxylic acids is 1. The molecule has 1 aliphatic carbocycles. The van der Waals surface area contributed by atoms with E-state index in [0.717, 1.165) is 17.7 Å². The second-order valence-corrected chi connectivity index (χ2v) is 10.3. The summed E-state index contributed by atoms with van der Waals surface area (Å²) in [5, 5.41) is 11.5. The Balaban J connectivity index is 1.41. The van der Waals surface area contributed by atoms with Gasteiger partial charge in [-0.15, -0.1) is 21.5 Å². The van der Waals surface area contributed by atoms with Crippen molar-refractivity contribution >= 4 is 58.0 Å². The predicted molar refractivity (Wildman–Crippen MR) is 117 cm³/mol. The maximum atomic E-state index is 12.4. The van der Waals surface area contributed by atoms with Crippen LogP contribution >= 0.6 is 46.3 Å². The largest absolute Gasteiger partial charge is 0.410 e. The van der Waals surface area contributed by atoms with Crippen LogP contribution in [0, 0.1) is 5.92 Å². The summed E-state index contributed by atoms with van der Waals surface area (Å²) in [6.45, 7) is 4.03. The van der Waals surface area contributed by atoms with Crippen molar-refractivity contribution < 1.29 is 9.21 Å². The van der Waals surface area contributed by atoms with Gasteiger partial charge in [0.1, 0.15) is 0 Å². The fraction of sp³-hybridized carbons (Fsp3) is 0.368. The molecule has 0 spiro atoms. The van der Waals surface area contributed by atoms with Gasteiger partial charge in [0.2, 0.25) is 5.91 Å². The number of amides is 1. The third-order valence-electron chi connectivity index (χ3n) is 4.64. The molecule has 2 atom stereocenters. The number of hydrogen-bond acceptors (Lipinski definition) is 7. The van der Waals surface area contributed by atoms with E-state index in [4.69, 9.17) is 27.6 Å². The number of carbonyl (C=O) groups is 1. The van der Waals surface area contributed by atoms with Gasteiger partial charge in [-0.3, -0.25) is 4.79 Å². The standard InChI is InChI=1S/C19H18Cl2N4O2S2/c1-9-3-4-14-11(5-9)6-15(29-14)18-24-25-19(27-18)28-10(2)17(26)23-16-13(21)7-12(20)8-22-16/h6-10H,3-5H2,1-2H3,(H,22,23,26). The maximum Gasteiger partial charge on any atom is 0.277 e. The van der Waals surface area contributed by atoms with Crippen molar-refractivity contribution in [1.29, 1.82) is 0 Å². The van der Waals surface area contributed by atoms with Gasteiger partial charge in [-0.25, -0.2) is 4.98 Å². The highest BCUT2D eigenvalue weighted by atomic mass is 35.5. The first-order valence-corrected chi connectivity index (χ1v) is 11.6. The van der Waals surface area contributed by atoms with Crippen LogP contribution in [0.1, 0.15) is 30.7 Å². The van der Waals surface area contributed by atoms with Crippen molar-refractivity contribution in [2.24, 2.45) is 5.92 Å². The van der Waals surface area contributed by atoms with Crippen LogP contribution < -0.4 is 5.32 Å². The molecule has 3 aromatic heterocycles. The van der Waals surface area contributed by atoms with Crippen LogP contribution in [-0.2, 0) is 17.6 Å². The number of nitrogens with zero attached hydrogens (tertiary/aromatic N) is 3. The lowest BCUT2D eigenvalue weighted by atomic mass is 9.90. The summed E-state index contributed by atoms with van der Waals surface area (Å²) in [6, 6.07) is 3.68. The first kappa shape index (κ1) is 20.7. The second kappa shape index (κ2) is 8.63. The van der Waals surface area contributed by atoms with Crippen molar-refractivity contribution in [3.05, 3.63) is 38.8 Å². The number of nitrogens with one attached hydrogen (secondary N) is 1. The molecule has 1 aliphatic rings. The third kappa shape index (κ3) is 4.77. The van der Waals surface area contributed by atoms with Crippen molar-refractivity contribution in [3.63, 3.8) is 0 Å². The third-order valence-corrected chi connectivity index (χ3v) is 7.30. The van der Waals surface area contributed by atoms with Gasteiger partial charge in [0.05, 0.1) is 20.2 Å². The molecule has 3 aromatic rings. The number of pyridine rings is 1. The van der Waals surface area contributed by atoms with Crippen LogP contribution in [0.15, 0.2) is 28.0 Å². The average Bonchev–Trinajstić information content (AvgIpc) is 3.30. The number of fused-ring (bicyclic) bond motifs is 1. The van der Waals surface area contributed by atoms with Gasteiger partial charge in [0.15, 0.2) is 5.82 Å². The number of aromatic nitrogens is 3. The van der Waals surface area contributed by atoms with E-state index >= 15 is 0 Å². The van der Waals surface area contributed by atoms with Crippen molar-refractivity contribution in [2.75, 3.05) is 5.32 Å². The number of thiophene rings is 1. The highest BCUT2D eigenvalue weighted by Crippen LogP contribution is 2.37. The molecule has 4 rings (SSSR count).